The molecule has 0 aliphatic rings. The highest BCUT2D eigenvalue weighted by Crippen LogP contribution is 2.17. The molecule has 0 saturated carbocycles. The topological polar surface area (TPSA) is 34.4 Å². The maximum Gasteiger partial charge on any atom is 0.130 e. The van der Waals surface area contributed by atoms with Gasteiger partial charge in [0.25, 0.3) is 0 Å². The highest BCUT2D eigenvalue weighted by atomic mass is 16.5. The lowest BCUT2D eigenvalue weighted by molar-refractivity contribution is 0.0145. The fraction of sp³-hybridized carbons (Fsp3) is 0.733. The van der Waals surface area contributed by atoms with E-state index in [-0.39, 0.29) is 6.10 Å². The van der Waals surface area contributed by atoms with Crippen LogP contribution in [-0.4, -0.2) is 12.1 Å². The second-order valence-corrected chi connectivity index (χ2v) is 5.61. The molecule has 0 aliphatic heterocycles. The largest absolute Gasteiger partial charge is 0.462 e. The molecule has 18 heavy (non-hydrogen) atoms. The Morgan fingerprint density at radius 1 is 1.22 bits per heavy atom. The molecular weight excluding hydrogens is 226 g/mol. The SMILES string of the molecule is Cc1cc(COC(C)C(C)C)oc1CNC(C)C. The number of hydrogen-bond donors (Lipinski definition) is 1. The molecule has 1 heterocycles. The summed E-state index contributed by atoms with van der Waals surface area (Å²) in [4.78, 5) is 0. The highest BCUT2D eigenvalue weighted by Gasteiger charge is 2.11. The third-order valence-electron chi connectivity index (χ3n) is 3.17. The molecule has 3 nitrogen and oxygen atoms in total. The monoisotopic (exact) mass is 253 g/mol. The maximum absolute atomic E-state index is 5.81. The number of hydrogen-bond acceptors (Lipinski definition) is 3. The van der Waals surface area contributed by atoms with Gasteiger partial charge in [0.2, 0.25) is 0 Å². The van der Waals surface area contributed by atoms with E-state index in [0.717, 1.165) is 18.1 Å². The Labute approximate surface area is 111 Å². The summed E-state index contributed by atoms with van der Waals surface area (Å²) in [5, 5.41) is 3.36. The summed E-state index contributed by atoms with van der Waals surface area (Å²) in [6.07, 6.45) is 0.257. The first-order valence-electron chi connectivity index (χ1n) is 6.83. The Morgan fingerprint density at radius 2 is 1.89 bits per heavy atom. The van der Waals surface area contributed by atoms with Crippen LogP contribution in [0.1, 0.15) is 51.7 Å². The van der Waals surface area contributed by atoms with Gasteiger partial charge in [-0.3, -0.25) is 0 Å². The summed E-state index contributed by atoms with van der Waals surface area (Å²) >= 11 is 0. The minimum atomic E-state index is 0.257. The van der Waals surface area contributed by atoms with Crippen LogP contribution in [0.4, 0.5) is 0 Å². The Balaban J connectivity index is 2.50. The van der Waals surface area contributed by atoms with Crippen LogP contribution < -0.4 is 5.32 Å². The number of furan rings is 1. The number of ether oxygens (including phenoxy) is 1. The van der Waals surface area contributed by atoms with Crippen molar-refractivity contribution in [2.45, 2.75) is 66.8 Å². The lowest BCUT2D eigenvalue weighted by Gasteiger charge is -2.15. The third-order valence-corrected chi connectivity index (χ3v) is 3.17. The second kappa shape index (κ2) is 6.95. The van der Waals surface area contributed by atoms with Crippen molar-refractivity contribution in [1.82, 2.24) is 5.32 Å². The van der Waals surface area contributed by atoms with Gasteiger partial charge in [0.1, 0.15) is 18.1 Å². The van der Waals surface area contributed by atoms with Crippen LogP contribution in [0.15, 0.2) is 10.5 Å². The molecule has 1 aromatic heterocycles. The van der Waals surface area contributed by atoms with Gasteiger partial charge in [0.05, 0.1) is 12.6 Å². The first kappa shape index (κ1) is 15.3. The second-order valence-electron chi connectivity index (χ2n) is 5.61. The van der Waals surface area contributed by atoms with Gasteiger partial charge in [0.15, 0.2) is 0 Å². The van der Waals surface area contributed by atoms with Crippen molar-refractivity contribution in [1.29, 1.82) is 0 Å². The molecule has 0 saturated heterocycles. The summed E-state index contributed by atoms with van der Waals surface area (Å²) in [6, 6.07) is 2.54. The Bertz CT molecular complexity index is 355. The molecule has 3 heteroatoms. The normalized spacial score (nSPS) is 13.6. The molecule has 0 aliphatic carbocycles. The van der Waals surface area contributed by atoms with Crippen molar-refractivity contribution in [3.8, 4) is 0 Å². The molecular formula is C15H27NO2. The van der Waals surface area contributed by atoms with Gasteiger partial charge in [-0.25, -0.2) is 0 Å². The van der Waals surface area contributed by atoms with Crippen LogP contribution in [0, 0.1) is 12.8 Å². The molecule has 1 unspecified atom stereocenters. The van der Waals surface area contributed by atoms with Crippen LogP contribution in [0.5, 0.6) is 0 Å². The fourth-order valence-electron chi connectivity index (χ4n) is 1.54. The van der Waals surface area contributed by atoms with Gasteiger partial charge in [-0.05, 0) is 31.4 Å². The number of nitrogens with one attached hydrogen (secondary N) is 1. The zero-order chi connectivity index (χ0) is 13.7. The zero-order valence-corrected chi connectivity index (χ0v) is 12.5. The Kier molecular flexibility index (Phi) is 5.89. The standard InChI is InChI=1S/C15H27NO2/c1-10(2)13(6)17-9-14-7-12(5)15(18-14)8-16-11(3)4/h7,10-11,13,16H,8-9H2,1-6H3. The van der Waals surface area contributed by atoms with Gasteiger partial charge in [-0.2, -0.15) is 0 Å². The van der Waals surface area contributed by atoms with E-state index in [4.69, 9.17) is 9.15 Å². The first-order chi connectivity index (χ1) is 8.40. The molecule has 0 amide bonds. The van der Waals surface area contributed by atoms with Crippen LogP contribution >= 0.6 is 0 Å². The summed E-state index contributed by atoms with van der Waals surface area (Å²) in [5.74, 6) is 2.46. The number of aryl methyl sites for hydroxylation is 1. The van der Waals surface area contributed by atoms with Crippen LogP contribution in [0.2, 0.25) is 0 Å². The summed E-state index contributed by atoms with van der Waals surface area (Å²) in [7, 11) is 0. The Hall–Kier alpha value is -0.800. The summed E-state index contributed by atoms with van der Waals surface area (Å²) in [5.41, 5.74) is 1.19. The van der Waals surface area contributed by atoms with Crippen molar-refractivity contribution in [2.75, 3.05) is 0 Å². The van der Waals surface area contributed by atoms with Gasteiger partial charge in [-0.15, -0.1) is 0 Å². The molecule has 1 rings (SSSR count). The third kappa shape index (κ3) is 4.83. The molecule has 0 fully saturated rings. The van der Waals surface area contributed by atoms with E-state index in [1.807, 2.05) is 0 Å². The van der Waals surface area contributed by atoms with E-state index in [1.165, 1.54) is 5.56 Å². The minimum Gasteiger partial charge on any atom is -0.462 e. The average Bonchev–Trinajstić information content (AvgIpc) is 2.64. The van der Waals surface area contributed by atoms with Crippen molar-refractivity contribution in [3.63, 3.8) is 0 Å². The molecule has 0 bridgehead atoms. The smallest absolute Gasteiger partial charge is 0.130 e. The molecule has 1 N–H and O–H groups in total. The van der Waals surface area contributed by atoms with Crippen molar-refractivity contribution >= 4 is 0 Å². The predicted octanol–water partition coefficient (Wildman–Crippen LogP) is 3.65. The van der Waals surface area contributed by atoms with Gasteiger partial charge in [0, 0.05) is 6.04 Å². The summed E-state index contributed by atoms with van der Waals surface area (Å²) < 4.78 is 11.6. The Morgan fingerprint density at radius 3 is 2.44 bits per heavy atom. The van der Waals surface area contributed by atoms with Gasteiger partial charge >= 0.3 is 0 Å². The average molecular weight is 253 g/mol. The fourth-order valence-corrected chi connectivity index (χ4v) is 1.54. The van der Waals surface area contributed by atoms with E-state index in [2.05, 4.69) is 52.9 Å². The molecule has 1 aromatic rings. The van der Waals surface area contributed by atoms with Crippen LogP contribution in [0.3, 0.4) is 0 Å². The molecule has 104 valence electrons. The van der Waals surface area contributed by atoms with Crippen molar-refractivity contribution in [3.05, 3.63) is 23.2 Å². The molecule has 1 atom stereocenters. The van der Waals surface area contributed by atoms with Gasteiger partial charge in [-0.1, -0.05) is 27.7 Å². The van der Waals surface area contributed by atoms with E-state index in [1.54, 1.807) is 0 Å². The predicted molar refractivity (Wildman–Crippen MR) is 74.5 cm³/mol. The van der Waals surface area contributed by atoms with Crippen LogP contribution in [-0.2, 0) is 17.9 Å². The lowest BCUT2D eigenvalue weighted by atomic mass is 10.1. The molecule has 0 aromatic carbocycles. The van der Waals surface area contributed by atoms with E-state index in [9.17, 15) is 0 Å². The quantitative estimate of drug-likeness (QED) is 0.805. The van der Waals surface area contributed by atoms with Crippen LogP contribution in [0.25, 0.3) is 0 Å². The van der Waals surface area contributed by atoms with E-state index >= 15 is 0 Å². The van der Waals surface area contributed by atoms with E-state index in [0.29, 0.717) is 18.6 Å². The maximum atomic E-state index is 5.81. The summed E-state index contributed by atoms with van der Waals surface area (Å²) in [6.45, 7) is 14.1. The molecule has 0 radical (unpaired) electrons. The van der Waals surface area contributed by atoms with Crippen molar-refractivity contribution in [2.24, 2.45) is 5.92 Å². The lowest BCUT2D eigenvalue weighted by Crippen LogP contribution is -2.21. The number of rotatable bonds is 7. The van der Waals surface area contributed by atoms with Gasteiger partial charge < -0.3 is 14.5 Å². The zero-order valence-electron chi connectivity index (χ0n) is 12.5. The van der Waals surface area contributed by atoms with Crippen molar-refractivity contribution < 1.29 is 9.15 Å². The first-order valence-corrected chi connectivity index (χ1v) is 6.83. The minimum absolute atomic E-state index is 0.257. The molecule has 0 spiro atoms. The van der Waals surface area contributed by atoms with E-state index < -0.39 is 0 Å². The highest BCUT2D eigenvalue weighted by molar-refractivity contribution is 5.19.